The summed E-state index contributed by atoms with van der Waals surface area (Å²) in [6.07, 6.45) is 3.15. The number of carbonyl (C=O) groups excluding carboxylic acids is 1. The SMILES string of the molecule is Cc1cc(C=C(C#N)C(N)=O)c(C)n1Cc1ccco1. The van der Waals surface area contributed by atoms with Gasteiger partial charge in [0.2, 0.25) is 0 Å². The average molecular weight is 269 g/mol. The maximum Gasteiger partial charge on any atom is 0.259 e. The number of amides is 1. The predicted octanol–water partition coefficient (Wildman–Crippen LogP) is 2.14. The van der Waals surface area contributed by atoms with Crippen molar-refractivity contribution in [3.63, 3.8) is 0 Å². The lowest BCUT2D eigenvalue weighted by Crippen LogP contribution is -2.12. The Bertz CT molecular complexity index is 700. The molecule has 20 heavy (non-hydrogen) atoms. The molecular weight excluding hydrogens is 254 g/mol. The summed E-state index contributed by atoms with van der Waals surface area (Å²) in [5.74, 6) is 0.126. The highest BCUT2D eigenvalue weighted by molar-refractivity contribution is 6.00. The van der Waals surface area contributed by atoms with E-state index in [-0.39, 0.29) is 5.57 Å². The zero-order valence-electron chi connectivity index (χ0n) is 11.4. The minimum absolute atomic E-state index is 0.0525. The Morgan fingerprint density at radius 2 is 2.30 bits per heavy atom. The highest BCUT2D eigenvalue weighted by Gasteiger charge is 2.11. The minimum atomic E-state index is -0.719. The first-order valence-corrected chi connectivity index (χ1v) is 6.13. The molecule has 0 bridgehead atoms. The lowest BCUT2D eigenvalue weighted by Gasteiger charge is -2.07. The van der Waals surface area contributed by atoms with Gasteiger partial charge < -0.3 is 14.7 Å². The summed E-state index contributed by atoms with van der Waals surface area (Å²) < 4.78 is 7.39. The van der Waals surface area contributed by atoms with Crippen molar-refractivity contribution in [2.75, 3.05) is 0 Å². The zero-order chi connectivity index (χ0) is 14.7. The Morgan fingerprint density at radius 3 is 2.85 bits per heavy atom. The Kier molecular flexibility index (Phi) is 3.76. The second-order valence-corrected chi connectivity index (χ2v) is 4.53. The van der Waals surface area contributed by atoms with Gasteiger partial charge in [-0.05, 0) is 43.7 Å². The summed E-state index contributed by atoms with van der Waals surface area (Å²) in [7, 11) is 0. The molecule has 1 amide bonds. The number of primary amides is 1. The number of hydrogen-bond acceptors (Lipinski definition) is 3. The summed E-state index contributed by atoms with van der Waals surface area (Å²) in [4.78, 5) is 11.1. The number of furan rings is 1. The number of hydrogen-bond donors (Lipinski definition) is 1. The van der Waals surface area contributed by atoms with Crippen LogP contribution in [0.1, 0.15) is 22.7 Å². The van der Waals surface area contributed by atoms with Crippen molar-refractivity contribution < 1.29 is 9.21 Å². The first kappa shape index (κ1) is 13.7. The maximum atomic E-state index is 11.1. The van der Waals surface area contributed by atoms with Gasteiger partial charge >= 0.3 is 0 Å². The van der Waals surface area contributed by atoms with Crippen molar-refractivity contribution in [1.29, 1.82) is 5.26 Å². The summed E-state index contributed by atoms with van der Waals surface area (Å²) in [6, 6.07) is 7.47. The molecule has 102 valence electrons. The van der Waals surface area contributed by atoms with Crippen molar-refractivity contribution in [3.8, 4) is 6.07 Å². The van der Waals surface area contributed by atoms with Gasteiger partial charge in [0, 0.05) is 11.4 Å². The van der Waals surface area contributed by atoms with Gasteiger partial charge in [0.05, 0.1) is 12.8 Å². The van der Waals surface area contributed by atoms with Gasteiger partial charge in [0.15, 0.2) is 0 Å². The second kappa shape index (κ2) is 5.49. The number of nitriles is 1. The van der Waals surface area contributed by atoms with E-state index in [0.717, 1.165) is 22.7 Å². The molecule has 0 atom stereocenters. The van der Waals surface area contributed by atoms with Crippen LogP contribution in [0, 0.1) is 25.2 Å². The van der Waals surface area contributed by atoms with Gasteiger partial charge in [0.1, 0.15) is 17.4 Å². The first-order chi connectivity index (χ1) is 9.52. The number of nitrogens with zero attached hydrogens (tertiary/aromatic N) is 2. The van der Waals surface area contributed by atoms with E-state index in [4.69, 9.17) is 15.4 Å². The van der Waals surface area contributed by atoms with Crippen LogP contribution in [-0.4, -0.2) is 10.5 Å². The van der Waals surface area contributed by atoms with Gasteiger partial charge in [-0.25, -0.2) is 0 Å². The molecule has 0 spiro atoms. The molecule has 2 aromatic rings. The number of aryl methyl sites for hydroxylation is 1. The summed E-state index contributed by atoms with van der Waals surface area (Å²) >= 11 is 0. The Hall–Kier alpha value is -2.74. The van der Waals surface area contributed by atoms with E-state index < -0.39 is 5.91 Å². The number of rotatable bonds is 4. The van der Waals surface area contributed by atoms with Gasteiger partial charge in [-0.1, -0.05) is 0 Å². The molecule has 5 heteroatoms. The van der Waals surface area contributed by atoms with Crippen LogP contribution in [0.3, 0.4) is 0 Å². The molecule has 0 aliphatic heterocycles. The molecule has 2 aromatic heterocycles. The van der Waals surface area contributed by atoms with E-state index in [0.29, 0.717) is 6.54 Å². The molecule has 2 N–H and O–H groups in total. The lowest BCUT2D eigenvalue weighted by molar-refractivity contribution is -0.114. The van der Waals surface area contributed by atoms with E-state index >= 15 is 0 Å². The average Bonchev–Trinajstić information content (AvgIpc) is 3.00. The van der Waals surface area contributed by atoms with Crippen molar-refractivity contribution in [3.05, 3.63) is 52.7 Å². The molecule has 0 radical (unpaired) electrons. The van der Waals surface area contributed by atoms with Gasteiger partial charge in [0.25, 0.3) is 5.91 Å². The second-order valence-electron chi connectivity index (χ2n) is 4.53. The van der Waals surface area contributed by atoms with Crippen molar-refractivity contribution in [2.45, 2.75) is 20.4 Å². The van der Waals surface area contributed by atoms with Crippen LogP contribution < -0.4 is 5.73 Å². The Balaban J connectivity index is 2.39. The fourth-order valence-electron chi connectivity index (χ4n) is 2.09. The minimum Gasteiger partial charge on any atom is -0.467 e. The third-order valence-corrected chi connectivity index (χ3v) is 3.19. The first-order valence-electron chi connectivity index (χ1n) is 6.13. The molecule has 0 saturated heterocycles. The molecule has 2 heterocycles. The smallest absolute Gasteiger partial charge is 0.259 e. The fourth-order valence-corrected chi connectivity index (χ4v) is 2.09. The van der Waals surface area contributed by atoms with Crippen LogP contribution >= 0.6 is 0 Å². The number of aromatic nitrogens is 1. The van der Waals surface area contributed by atoms with Crippen LogP contribution in [0.15, 0.2) is 34.5 Å². The molecular formula is C15H15N3O2. The lowest BCUT2D eigenvalue weighted by atomic mass is 10.1. The van der Waals surface area contributed by atoms with Gasteiger partial charge in [-0.2, -0.15) is 5.26 Å². The van der Waals surface area contributed by atoms with E-state index in [1.165, 1.54) is 6.08 Å². The highest BCUT2D eigenvalue weighted by Crippen LogP contribution is 2.19. The molecule has 0 saturated carbocycles. The number of nitrogens with two attached hydrogens (primary N) is 1. The molecule has 5 nitrogen and oxygen atoms in total. The molecule has 0 aliphatic carbocycles. The quantitative estimate of drug-likeness (QED) is 0.681. The molecule has 0 aromatic carbocycles. The van der Waals surface area contributed by atoms with Crippen molar-refractivity contribution >= 4 is 12.0 Å². The number of carbonyl (C=O) groups is 1. The topological polar surface area (TPSA) is 85.0 Å². The molecule has 0 unspecified atom stereocenters. The van der Waals surface area contributed by atoms with Crippen molar-refractivity contribution in [2.24, 2.45) is 5.73 Å². The Labute approximate surface area is 116 Å². The van der Waals surface area contributed by atoms with Crippen LogP contribution in [0.2, 0.25) is 0 Å². The van der Waals surface area contributed by atoms with Crippen LogP contribution in [-0.2, 0) is 11.3 Å². The molecule has 2 rings (SSSR count). The summed E-state index contributed by atoms with van der Waals surface area (Å²) in [6.45, 7) is 4.50. The highest BCUT2D eigenvalue weighted by atomic mass is 16.3. The third-order valence-electron chi connectivity index (χ3n) is 3.19. The standard InChI is InChI=1S/C15H15N3O2/c1-10-6-12(7-13(8-16)15(17)19)11(2)18(10)9-14-4-3-5-20-14/h3-7H,9H2,1-2H3,(H2,17,19). The van der Waals surface area contributed by atoms with E-state index in [2.05, 4.69) is 4.57 Å². The van der Waals surface area contributed by atoms with E-state index in [1.807, 2.05) is 38.1 Å². The predicted molar refractivity (Wildman–Crippen MR) is 74.5 cm³/mol. The van der Waals surface area contributed by atoms with Gasteiger partial charge in [-0.15, -0.1) is 0 Å². The fraction of sp³-hybridized carbons (Fsp3) is 0.200. The monoisotopic (exact) mass is 269 g/mol. The van der Waals surface area contributed by atoms with Crippen molar-refractivity contribution in [1.82, 2.24) is 4.57 Å². The summed E-state index contributed by atoms with van der Waals surface area (Å²) in [5, 5.41) is 8.89. The molecule has 0 aliphatic rings. The van der Waals surface area contributed by atoms with Gasteiger partial charge in [-0.3, -0.25) is 4.79 Å². The molecule has 0 fully saturated rings. The van der Waals surface area contributed by atoms with Crippen LogP contribution in [0.25, 0.3) is 6.08 Å². The van der Waals surface area contributed by atoms with Crippen LogP contribution in [0.4, 0.5) is 0 Å². The maximum absolute atomic E-state index is 11.1. The van der Waals surface area contributed by atoms with E-state index in [9.17, 15) is 4.79 Å². The third kappa shape index (κ3) is 2.64. The zero-order valence-corrected chi connectivity index (χ0v) is 11.4. The normalized spacial score (nSPS) is 11.3. The van der Waals surface area contributed by atoms with E-state index in [1.54, 1.807) is 6.26 Å². The largest absolute Gasteiger partial charge is 0.467 e. The van der Waals surface area contributed by atoms with Crippen LogP contribution in [0.5, 0.6) is 0 Å². The Morgan fingerprint density at radius 1 is 1.55 bits per heavy atom. The summed E-state index contributed by atoms with van der Waals surface area (Å²) in [5.41, 5.74) is 7.88.